The van der Waals surface area contributed by atoms with Crippen LogP contribution in [0.5, 0.6) is 0 Å². The quantitative estimate of drug-likeness (QED) is 0.684. The maximum Gasteiger partial charge on any atom is 0.222 e. The van der Waals surface area contributed by atoms with Crippen LogP contribution in [0.25, 0.3) is 0 Å². The normalized spacial score (nSPS) is 18.6. The third kappa shape index (κ3) is 5.49. The molecule has 0 saturated carbocycles. The van der Waals surface area contributed by atoms with Crippen molar-refractivity contribution in [3.63, 3.8) is 0 Å². The Morgan fingerprint density at radius 3 is 2.32 bits per heavy atom. The third-order valence-electron chi connectivity index (χ3n) is 4.17. The van der Waals surface area contributed by atoms with E-state index in [2.05, 4.69) is 18.7 Å². The van der Waals surface area contributed by atoms with E-state index < -0.39 is 0 Å². The van der Waals surface area contributed by atoms with Crippen LogP contribution in [0.1, 0.15) is 52.4 Å². The van der Waals surface area contributed by atoms with E-state index in [-0.39, 0.29) is 0 Å². The van der Waals surface area contributed by atoms with Crippen LogP contribution in [0.15, 0.2) is 0 Å². The minimum Gasteiger partial charge on any atom is -0.340 e. The maximum absolute atomic E-state index is 12.1. The molecule has 0 bridgehead atoms. The number of rotatable bonds is 8. The Morgan fingerprint density at radius 2 is 1.79 bits per heavy atom. The first-order valence-corrected chi connectivity index (χ1v) is 7.94. The fourth-order valence-corrected chi connectivity index (χ4v) is 2.77. The Hall–Kier alpha value is -0.610. The second kappa shape index (κ2) is 9.32. The molecule has 19 heavy (non-hydrogen) atoms. The molecule has 0 aliphatic carbocycles. The van der Waals surface area contributed by atoms with Crippen molar-refractivity contribution in [2.24, 2.45) is 5.73 Å². The highest BCUT2D eigenvalue weighted by Gasteiger charge is 2.24. The summed E-state index contributed by atoms with van der Waals surface area (Å²) < 4.78 is 0. The number of nitrogens with zero attached hydrogens (tertiary/aromatic N) is 2. The van der Waals surface area contributed by atoms with Gasteiger partial charge in [-0.1, -0.05) is 33.1 Å². The van der Waals surface area contributed by atoms with Crippen molar-refractivity contribution in [3.05, 3.63) is 0 Å². The third-order valence-corrected chi connectivity index (χ3v) is 4.17. The van der Waals surface area contributed by atoms with E-state index in [0.29, 0.717) is 11.9 Å². The zero-order chi connectivity index (χ0) is 14.1. The Balaban J connectivity index is 2.23. The Labute approximate surface area is 118 Å². The Morgan fingerprint density at radius 1 is 1.11 bits per heavy atom. The largest absolute Gasteiger partial charge is 0.340 e. The van der Waals surface area contributed by atoms with Gasteiger partial charge in [-0.25, -0.2) is 0 Å². The summed E-state index contributed by atoms with van der Waals surface area (Å²) in [4.78, 5) is 16.5. The predicted molar refractivity (Wildman–Crippen MR) is 80.0 cm³/mol. The second-order valence-corrected chi connectivity index (χ2v) is 5.53. The molecule has 0 aromatic heterocycles. The van der Waals surface area contributed by atoms with Crippen LogP contribution in [0.4, 0.5) is 0 Å². The lowest BCUT2D eigenvalue weighted by Crippen LogP contribution is -2.53. The summed E-state index contributed by atoms with van der Waals surface area (Å²) in [6.07, 6.45) is 6.54. The van der Waals surface area contributed by atoms with Crippen molar-refractivity contribution in [2.75, 3.05) is 32.7 Å². The van der Waals surface area contributed by atoms with Crippen LogP contribution in [0, 0.1) is 0 Å². The summed E-state index contributed by atoms with van der Waals surface area (Å²) in [5.41, 5.74) is 5.78. The number of piperazine rings is 1. The minimum absolute atomic E-state index is 0.344. The number of nitrogens with two attached hydrogens (primary N) is 1. The van der Waals surface area contributed by atoms with Crippen LogP contribution >= 0.6 is 0 Å². The molecule has 4 heteroatoms. The molecule has 1 unspecified atom stereocenters. The molecule has 1 saturated heterocycles. The fraction of sp³-hybridized carbons (Fsp3) is 0.933. The molecule has 1 atom stereocenters. The van der Waals surface area contributed by atoms with Gasteiger partial charge in [-0.05, 0) is 12.8 Å². The van der Waals surface area contributed by atoms with Gasteiger partial charge in [0.25, 0.3) is 0 Å². The van der Waals surface area contributed by atoms with Crippen molar-refractivity contribution >= 4 is 5.91 Å². The number of amides is 1. The van der Waals surface area contributed by atoms with Gasteiger partial charge in [-0.2, -0.15) is 0 Å². The topological polar surface area (TPSA) is 49.6 Å². The van der Waals surface area contributed by atoms with Crippen LogP contribution in [0.2, 0.25) is 0 Å². The molecule has 1 aliphatic rings. The van der Waals surface area contributed by atoms with Crippen molar-refractivity contribution in [2.45, 2.75) is 58.4 Å². The molecule has 112 valence electrons. The number of hydrogen-bond donors (Lipinski definition) is 1. The number of unbranched alkanes of at least 4 members (excludes halogenated alkanes) is 3. The molecule has 0 spiro atoms. The standard InChI is InChI=1S/C15H31N3O/c1-3-5-6-7-8-15(19)18-11-9-17(10-12-18)14(4-2)13-16/h14H,3-13,16H2,1-2H3. The molecule has 0 radical (unpaired) electrons. The van der Waals surface area contributed by atoms with Gasteiger partial charge in [0.15, 0.2) is 0 Å². The Bertz CT molecular complexity index is 246. The van der Waals surface area contributed by atoms with E-state index in [1.807, 2.05) is 4.90 Å². The SMILES string of the molecule is CCCCCCC(=O)N1CCN(C(CC)CN)CC1. The summed E-state index contributed by atoms with van der Waals surface area (Å²) in [7, 11) is 0. The lowest BCUT2D eigenvalue weighted by atomic mass is 10.1. The van der Waals surface area contributed by atoms with Gasteiger partial charge in [0.2, 0.25) is 5.91 Å². The summed E-state index contributed by atoms with van der Waals surface area (Å²) in [6, 6.07) is 0.488. The zero-order valence-corrected chi connectivity index (χ0v) is 12.7. The Kier molecular flexibility index (Phi) is 8.07. The summed E-state index contributed by atoms with van der Waals surface area (Å²) >= 11 is 0. The van der Waals surface area contributed by atoms with Crippen LogP contribution in [0.3, 0.4) is 0 Å². The molecular formula is C15H31N3O. The van der Waals surface area contributed by atoms with Gasteiger partial charge < -0.3 is 10.6 Å². The summed E-state index contributed by atoms with van der Waals surface area (Å²) in [5, 5.41) is 0. The first kappa shape index (κ1) is 16.4. The molecule has 1 fully saturated rings. The van der Waals surface area contributed by atoms with Crippen molar-refractivity contribution in [1.29, 1.82) is 0 Å². The highest BCUT2D eigenvalue weighted by atomic mass is 16.2. The predicted octanol–water partition coefficient (Wildman–Crippen LogP) is 1.84. The van der Waals surface area contributed by atoms with Gasteiger partial charge in [0, 0.05) is 45.2 Å². The van der Waals surface area contributed by atoms with Crippen LogP contribution in [-0.4, -0.2) is 54.5 Å². The number of hydrogen-bond acceptors (Lipinski definition) is 3. The molecule has 2 N–H and O–H groups in total. The van der Waals surface area contributed by atoms with E-state index in [4.69, 9.17) is 5.73 Å². The highest BCUT2D eigenvalue weighted by molar-refractivity contribution is 5.76. The fourth-order valence-electron chi connectivity index (χ4n) is 2.77. The lowest BCUT2D eigenvalue weighted by Gasteiger charge is -2.38. The highest BCUT2D eigenvalue weighted by Crippen LogP contribution is 2.11. The van der Waals surface area contributed by atoms with Gasteiger partial charge in [-0.3, -0.25) is 9.69 Å². The molecular weight excluding hydrogens is 238 g/mol. The zero-order valence-electron chi connectivity index (χ0n) is 12.7. The van der Waals surface area contributed by atoms with Gasteiger partial charge in [0.05, 0.1) is 0 Å². The van der Waals surface area contributed by atoms with Crippen molar-refractivity contribution in [1.82, 2.24) is 9.80 Å². The summed E-state index contributed by atoms with van der Waals surface area (Å²) in [6.45, 7) is 8.83. The van der Waals surface area contributed by atoms with E-state index in [9.17, 15) is 4.79 Å². The van der Waals surface area contributed by atoms with Crippen molar-refractivity contribution < 1.29 is 4.79 Å². The van der Waals surface area contributed by atoms with Gasteiger partial charge >= 0.3 is 0 Å². The average molecular weight is 269 g/mol. The smallest absolute Gasteiger partial charge is 0.222 e. The molecule has 1 rings (SSSR count). The number of carbonyl (C=O) groups excluding carboxylic acids is 1. The first-order chi connectivity index (χ1) is 9.22. The van der Waals surface area contributed by atoms with Crippen LogP contribution in [-0.2, 0) is 4.79 Å². The maximum atomic E-state index is 12.1. The number of carbonyl (C=O) groups is 1. The molecule has 1 heterocycles. The minimum atomic E-state index is 0.344. The molecule has 1 amide bonds. The van der Waals surface area contributed by atoms with E-state index in [0.717, 1.165) is 52.0 Å². The molecule has 0 aromatic carbocycles. The monoisotopic (exact) mass is 269 g/mol. The molecule has 4 nitrogen and oxygen atoms in total. The molecule has 0 aromatic rings. The second-order valence-electron chi connectivity index (χ2n) is 5.53. The van der Waals surface area contributed by atoms with Crippen LogP contribution < -0.4 is 5.73 Å². The van der Waals surface area contributed by atoms with E-state index in [1.165, 1.54) is 19.3 Å². The van der Waals surface area contributed by atoms with E-state index >= 15 is 0 Å². The van der Waals surface area contributed by atoms with E-state index in [1.54, 1.807) is 0 Å². The first-order valence-electron chi connectivity index (χ1n) is 7.94. The summed E-state index contributed by atoms with van der Waals surface area (Å²) in [5.74, 6) is 0.344. The van der Waals surface area contributed by atoms with Gasteiger partial charge in [-0.15, -0.1) is 0 Å². The van der Waals surface area contributed by atoms with Gasteiger partial charge in [0.1, 0.15) is 0 Å². The molecule has 1 aliphatic heterocycles. The lowest BCUT2D eigenvalue weighted by molar-refractivity contribution is -0.133. The average Bonchev–Trinajstić information content (AvgIpc) is 2.45. The van der Waals surface area contributed by atoms with Crippen molar-refractivity contribution in [3.8, 4) is 0 Å².